The van der Waals surface area contributed by atoms with Gasteiger partial charge in [0, 0.05) is 35.1 Å². The fraction of sp³-hybridized carbons (Fsp3) is 0.143. The third-order valence-corrected chi connectivity index (χ3v) is 4.74. The summed E-state index contributed by atoms with van der Waals surface area (Å²) in [5, 5.41) is 12.0. The highest BCUT2D eigenvalue weighted by Crippen LogP contribution is 2.33. The molecule has 0 saturated heterocycles. The van der Waals surface area contributed by atoms with Gasteiger partial charge in [0.25, 0.3) is 0 Å². The molecule has 7 heteroatoms. The average Bonchev–Trinajstić information content (AvgIpc) is 3.14. The van der Waals surface area contributed by atoms with E-state index in [-0.39, 0.29) is 0 Å². The molecule has 0 bridgehead atoms. The monoisotopic (exact) mass is 373 g/mol. The van der Waals surface area contributed by atoms with Crippen molar-refractivity contribution in [1.29, 1.82) is 0 Å². The van der Waals surface area contributed by atoms with Crippen molar-refractivity contribution < 1.29 is 9.47 Å². The zero-order valence-corrected chi connectivity index (χ0v) is 15.1. The summed E-state index contributed by atoms with van der Waals surface area (Å²) in [6, 6.07) is 13.9. The molecule has 140 valence electrons. The molecule has 5 rings (SSSR count). The van der Waals surface area contributed by atoms with Gasteiger partial charge in [-0.2, -0.15) is 5.10 Å². The van der Waals surface area contributed by atoms with E-state index in [9.17, 15) is 0 Å². The molecule has 0 unspecified atom stereocenters. The van der Waals surface area contributed by atoms with Crippen LogP contribution in [0.15, 0.2) is 54.9 Å². The first-order chi connectivity index (χ1) is 13.8. The molecule has 4 N–H and O–H groups in total. The molecule has 2 aromatic carbocycles. The molecule has 28 heavy (non-hydrogen) atoms. The highest BCUT2D eigenvalue weighted by Gasteiger charge is 2.12. The van der Waals surface area contributed by atoms with Crippen molar-refractivity contribution in [3.05, 3.63) is 60.6 Å². The van der Waals surface area contributed by atoms with Crippen molar-refractivity contribution in [2.75, 3.05) is 24.3 Å². The van der Waals surface area contributed by atoms with E-state index in [1.807, 2.05) is 42.6 Å². The van der Waals surface area contributed by atoms with E-state index in [1.165, 1.54) is 0 Å². The molecule has 0 atom stereocenters. The number of fused-ring (bicyclic) bond motifs is 2. The van der Waals surface area contributed by atoms with Crippen LogP contribution in [0.2, 0.25) is 0 Å². The van der Waals surface area contributed by atoms with Gasteiger partial charge in [-0.1, -0.05) is 6.07 Å². The van der Waals surface area contributed by atoms with E-state index in [2.05, 4.69) is 26.6 Å². The molecule has 0 saturated carbocycles. The normalized spacial score (nSPS) is 12.9. The molecule has 4 aromatic rings. The van der Waals surface area contributed by atoms with Gasteiger partial charge in [-0.05, 0) is 35.9 Å². The average molecular weight is 373 g/mol. The quantitative estimate of drug-likeness (QED) is 0.506. The first kappa shape index (κ1) is 16.4. The van der Waals surface area contributed by atoms with E-state index in [1.54, 1.807) is 6.20 Å². The number of nitrogens with one attached hydrogen (secondary N) is 2. The second kappa shape index (κ2) is 6.77. The summed E-state index contributed by atoms with van der Waals surface area (Å²) in [6.07, 6.45) is 3.45. The van der Waals surface area contributed by atoms with Crippen molar-refractivity contribution in [3.63, 3.8) is 0 Å². The van der Waals surface area contributed by atoms with Gasteiger partial charge in [0.1, 0.15) is 13.2 Å². The fourth-order valence-corrected chi connectivity index (χ4v) is 3.34. The van der Waals surface area contributed by atoms with Gasteiger partial charge in [-0.25, -0.2) is 0 Å². The maximum absolute atomic E-state index is 5.87. The van der Waals surface area contributed by atoms with Gasteiger partial charge < -0.3 is 20.5 Å². The Morgan fingerprint density at radius 2 is 1.86 bits per heavy atom. The van der Waals surface area contributed by atoms with Crippen LogP contribution in [-0.2, 0) is 6.54 Å². The summed E-state index contributed by atoms with van der Waals surface area (Å²) in [5.74, 6) is 1.55. The number of rotatable bonds is 4. The Labute approximate surface area is 161 Å². The molecule has 0 fully saturated rings. The summed E-state index contributed by atoms with van der Waals surface area (Å²) in [7, 11) is 0. The number of benzene rings is 2. The molecule has 1 aliphatic heterocycles. The highest BCUT2D eigenvalue weighted by molar-refractivity contribution is 5.87. The summed E-state index contributed by atoms with van der Waals surface area (Å²) in [6.45, 7) is 1.77. The summed E-state index contributed by atoms with van der Waals surface area (Å²) < 4.78 is 11.2. The number of H-pyrrole nitrogens is 1. The van der Waals surface area contributed by atoms with Crippen LogP contribution in [0, 0.1) is 0 Å². The van der Waals surface area contributed by atoms with Crippen LogP contribution in [0.4, 0.5) is 11.4 Å². The van der Waals surface area contributed by atoms with E-state index < -0.39 is 0 Å². The Morgan fingerprint density at radius 3 is 2.75 bits per heavy atom. The lowest BCUT2D eigenvalue weighted by Gasteiger charge is -2.19. The maximum Gasteiger partial charge on any atom is 0.163 e. The number of ether oxygens (including phenoxy) is 2. The number of nitrogens with two attached hydrogens (primary N) is 1. The smallest absolute Gasteiger partial charge is 0.163 e. The zero-order valence-electron chi connectivity index (χ0n) is 15.1. The number of aromatic nitrogens is 3. The van der Waals surface area contributed by atoms with E-state index >= 15 is 0 Å². The Hall–Kier alpha value is -3.74. The predicted molar refractivity (Wildman–Crippen MR) is 108 cm³/mol. The van der Waals surface area contributed by atoms with Crippen LogP contribution in [-0.4, -0.2) is 28.4 Å². The van der Waals surface area contributed by atoms with Crippen LogP contribution in [0.1, 0.15) is 5.69 Å². The van der Waals surface area contributed by atoms with Crippen LogP contribution >= 0.6 is 0 Å². The molecule has 0 spiro atoms. The number of nitrogens with zero attached hydrogens (tertiary/aromatic N) is 2. The third-order valence-electron chi connectivity index (χ3n) is 4.74. The molecule has 0 radical (unpaired) electrons. The van der Waals surface area contributed by atoms with Crippen LogP contribution in [0.3, 0.4) is 0 Å². The van der Waals surface area contributed by atoms with Crippen molar-refractivity contribution in [1.82, 2.24) is 15.2 Å². The minimum atomic E-state index is 0.573. The maximum atomic E-state index is 5.87. The molecule has 7 nitrogen and oxygen atoms in total. The SMILES string of the molecule is Nc1cncc(-c2ccc3n[nH]c(CNc4ccc5c(c4)OCCO5)c3c2)c1. The standard InChI is InChI=1S/C21H19N5O2/c22-15-7-14(10-23-11-15)13-1-3-18-17(8-13)19(26-25-18)12-24-16-2-4-20-21(9-16)28-6-5-27-20/h1-4,7-11,24H,5-6,12,22H2,(H,25,26). The largest absolute Gasteiger partial charge is 0.486 e. The van der Waals surface area contributed by atoms with Crippen molar-refractivity contribution >= 4 is 22.3 Å². The Balaban J connectivity index is 1.41. The summed E-state index contributed by atoms with van der Waals surface area (Å²) >= 11 is 0. The Kier molecular flexibility index (Phi) is 3.97. The second-order valence-electron chi connectivity index (χ2n) is 6.65. The number of aromatic amines is 1. The van der Waals surface area contributed by atoms with Gasteiger partial charge in [0.05, 0.1) is 23.4 Å². The second-order valence-corrected chi connectivity index (χ2v) is 6.65. The highest BCUT2D eigenvalue weighted by atomic mass is 16.6. The molecule has 2 aromatic heterocycles. The van der Waals surface area contributed by atoms with Crippen molar-refractivity contribution in [3.8, 4) is 22.6 Å². The van der Waals surface area contributed by atoms with Crippen LogP contribution in [0.25, 0.3) is 22.0 Å². The lowest BCUT2D eigenvalue weighted by molar-refractivity contribution is 0.171. The number of hydrogen-bond acceptors (Lipinski definition) is 6. The minimum absolute atomic E-state index is 0.573. The molecule has 0 aliphatic carbocycles. The first-order valence-electron chi connectivity index (χ1n) is 9.08. The molecule has 1 aliphatic rings. The van der Waals surface area contributed by atoms with Crippen molar-refractivity contribution in [2.24, 2.45) is 0 Å². The van der Waals surface area contributed by atoms with Gasteiger partial charge >= 0.3 is 0 Å². The van der Waals surface area contributed by atoms with Crippen molar-refractivity contribution in [2.45, 2.75) is 6.54 Å². The van der Waals surface area contributed by atoms with Gasteiger partial charge in [-0.3, -0.25) is 10.1 Å². The lowest BCUT2D eigenvalue weighted by Crippen LogP contribution is -2.15. The summed E-state index contributed by atoms with van der Waals surface area (Å²) in [5.41, 5.74) is 11.4. The fourth-order valence-electron chi connectivity index (χ4n) is 3.34. The third kappa shape index (κ3) is 3.07. The predicted octanol–water partition coefficient (Wildman–Crippen LogP) is 3.59. The van der Waals surface area contributed by atoms with Gasteiger partial charge in [0.15, 0.2) is 11.5 Å². The van der Waals surface area contributed by atoms with E-state index in [4.69, 9.17) is 15.2 Å². The topological polar surface area (TPSA) is 98.1 Å². The Bertz CT molecular complexity index is 1150. The number of nitrogen functional groups attached to an aromatic ring is 1. The zero-order chi connectivity index (χ0) is 18.9. The number of hydrogen-bond donors (Lipinski definition) is 3. The number of pyridine rings is 1. The molecular formula is C21H19N5O2. The number of anilines is 2. The summed E-state index contributed by atoms with van der Waals surface area (Å²) in [4.78, 5) is 4.18. The van der Waals surface area contributed by atoms with Gasteiger partial charge in [-0.15, -0.1) is 0 Å². The minimum Gasteiger partial charge on any atom is -0.486 e. The molecular weight excluding hydrogens is 354 g/mol. The van der Waals surface area contributed by atoms with Gasteiger partial charge in [0.2, 0.25) is 0 Å². The Morgan fingerprint density at radius 1 is 0.964 bits per heavy atom. The van der Waals surface area contributed by atoms with E-state index in [0.717, 1.165) is 44.9 Å². The lowest BCUT2D eigenvalue weighted by atomic mass is 10.0. The first-order valence-corrected chi connectivity index (χ1v) is 9.08. The van der Waals surface area contributed by atoms with Crippen LogP contribution in [0.5, 0.6) is 11.5 Å². The van der Waals surface area contributed by atoms with E-state index in [0.29, 0.717) is 25.4 Å². The van der Waals surface area contributed by atoms with Crippen LogP contribution < -0.4 is 20.5 Å². The molecule has 0 amide bonds. The molecule has 3 heterocycles.